The zero-order chi connectivity index (χ0) is 12.4. The lowest BCUT2D eigenvalue weighted by Gasteiger charge is -2.14. The molecule has 0 unspecified atom stereocenters. The van der Waals surface area contributed by atoms with Gasteiger partial charge in [0.1, 0.15) is 5.75 Å². The molecule has 2 aromatic rings. The van der Waals surface area contributed by atoms with E-state index >= 15 is 0 Å². The Morgan fingerprint density at radius 2 is 2.17 bits per heavy atom. The van der Waals surface area contributed by atoms with E-state index in [1.165, 1.54) is 24.1 Å². The maximum atomic E-state index is 9.28. The Kier molecular flexibility index (Phi) is 3.02. The first-order valence-electron chi connectivity index (χ1n) is 6.34. The summed E-state index contributed by atoms with van der Waals surface area (Å²) in [6, 6.07) is 7.77. The van der Waals surface area contributed by atoms with E-state index in [0.29, 0.717) is 11.8 Å². The lowest BCUT2D eigenvalue weighted by Crippen LogP contribution is -2.17. The van der Waals surface area contributed by atoms with E-state index in [1.54, 1.807) is 12.1 Å². The highest BCUT2D eigenvalue weighted by molar-refractivity contribution is 5.26. The number of rotatable bonds is 3. The number of hydrogen-bond donors (Lipinski definition) is 2. The second-order valence-electron chi connectivity index (χ2n) is 4.76. The van der Waals surface area contributed by atoms with Crippen molar-refractivity contribution in [2.45, 2.75) is 25.4 Å². The molecule has 2 N–H and O–H groups in total. The minimum atomic E-state index is 0.307. The van der Waals surface area contributed by atoms with Crippen LogP contribution in [0.15, 0.2) is 36.8 Å². The Morgan fingerprint density at radius 1 is 1.33 bits per heavy atom. The van der Waals surface area contributed by atoms with Crippen molar-refractivity contribution in [2.24, 2.45) is 0 Å². The number of nitrogens with zero attached hydrogens (tertiary/aromatic N) is 2. The van der Waals surface area contributed by atoms with E-state index in [4.69, 9.17) is 0 Å². The minimum Gasteiger partial charge on any atom is -0.508 e. The number of phenolic OH excluding ortho intramolecular Hbond substituents is 1. The van der Waals surface area contributed by atoms with Crippen LogP contribution >= 0.6 is 0 Å². The van der Waals surface area contributed by atoms with E-state index in [2.05, 4.69) is 14.9 Å². The van der Waals surface area contributed by atoms with Crippen molar-refractivity contribution in [1.29, 1.82) is 0 Å². The normalized spacial score (nSPS) is 19.2. The first kappa shape index (κ1) is 11.3. The zero-order valence-electron chi connectivity index (χ0n) is 10.2. The summed E-state index contributed by atoms with van der Waals surface area (Å²) in [5, 5.41) is 12.8. The molecule has 18 heavy (non-hydrogen) atoms. The average molecular weight is 243 g/mol. The van der Waals surface area contributed by atoms with Crippen LogP contribution in [0.1, 0.15) is 30.1 Å². The van der Waals surface area contributed by atoms with E-state index in [0.717, 1.165) is 13.1 Å². The van der Waals surface area contributed by atoms with Crippen molar-refractivity contribution in [1.82, 2.24) is 14.9 Å². The minimum absolute atomic E-state index is 0.307. The molecular weight excluding hydrogens is 226 g/mol. The molecule has 1 saturated heterocycles. The van der Waals surface area contributed by atoms with Crippen LogP contribution in [-0.4, -0.2) is 21.2 Å². The third-order valence-electron chi connectivity index (χ3n) is 3.45. The fourth-order valence-electron chi connectivity index (χ4n) is 2.49. The maximum Gasteiger partial charge on any atom is 0.115 e. The fourth-order valence-corrected chi connectivity index (χ4v) is 2.49. The van der Waals surface area contributed by atoms with Crippen LogP contribution in [0.3, 0.4) is 0 Å². The van der Waals surface area contributed by atoms with Gasteiger partial charge in [0.25, 0.3) is 0 Å². The third kappa shape index (κ3) is 2.24. The third-order valence-corrected chi connectivity index (χ3v) is 3.45. The van der Waals surface area contributed by atoms with Gasteiger partial charge in [0.2, 0.25) is 0 Å². The molecule has 0 bridgehead atoms. The van der Waals surface area contributed by atoms with Gasteiger partial charge in [-0.3, -0.25) is 0 Å². The second kappa shape index (κ2) is 4.82. The summed E-state index contributed by atoms with van der Waals surface area (Å²) in [6.07, 6.45) is 6.24. The van der Waals surface area contributed by atoms with E-state index in [1.807, 2.05) is 24.7 Å². The Balaban J connectivity index is 1.80. The van der Waals surface area contributed by atoms with Crippen LogP contribution in [0, 0.1) is 0 Å². The van der Waals surface area contributed by atoms with Gasteiger partial charge in [0, 0.05) is 18.8 Å². The smallest absolute Gasteiger partial charge is 0.115 e. The second-order valence-corrected chi connectivity index (χ2v) is 4.76. The Hall–Kier alpha value is -1.81. The number of benzene rings is 1. The highest BCUT2D eigenvalue weighted by Crippen LogP contribution is 2.23. The summed E-state index contributed by atoms with van der Waals surface area (Å²) in [5.74, 6) is 0.307. The molecule has 0 spiro atoms. The molecule has 0 saturated carbocycles. The van der Waals surface area contributed by atoms with E-state index in [-0.39, 0.29) is 0 Å². The molecule has 1 aliphatic rings. The average Bonchev–Trinajstić information content (AvgIpc) is 3.02. The van der Waals surface area contributed by atoms with E-state index < -0.39 is 0 Å². The molecule has 1 aromatic heterocycles. The van der Waals surface area contributed by atoms with Gasteiger partial charge in [-0.25, -0.2) is 4.98 Å². The van der Waals surface area contributed by atoms with Gasteiger partial charge in [-0.15, -0.1) is 0 Å². The van der Waals surface area contributed by atoms with Gasteiger partial charge < -0.3 is 15.0 Å². The predicted octanol–water partition coefficient (Wildman–Crippen LogP) is 2.06. The topological polar surface area (TPSA) is 50.1 Å². The molecule has 3 rings (SSSR count). The van der Waals surface area contributed by atoms with Crippen molar-refractivity contribution in [3.8, 4) is 5.75 Å². The monoisotopic (exact) mass is 243 g/mol. The van der Waals surface area contributed by atoms with Crippen LogP contribution in [-0.2, 0) is 6.54 Å². The lowest BCUT2D eigenvalue weighted by atomic mass is 10.1. The molecular formula is C14H17N3O. The molecule has 2 heterocycles. The standard InChI is InChI=1S/C14H17N3O/c18-12-5-3-11(4-6-12)9-17-10-15-8-14(17)13-2-1-7-16-13/h3-6,8,10,13,16,18H,1-2,7,9H2/t13-/m0/s1. The molecule has 1 aromatic carbocycles. The Labute approximate surface area is 106 Å². The molecule has 1 aliphatic heterocycles. The van der Waals surface area contributed by atoms with Crippen molar-refractivity contribution >= 4 is 0 Å². The van der Waals surface area contributed by atoms with Crippen molar-refractivity contribution < 1.29 is 5.11 Å². The summed E-state index contributed by atoms with van der Waals surface area (Å²) < 4.78 is 2.18. The van der Waals surface area contributed by atoms with Crippen molar-refractivity contribution in [3.05, 3.63) is 48.0 Å². The SMILES string of the molecule is Oc1ccc(Cn2cncc2[C@@H]2CCCN2)cc1. The molecule has 0 aliphatic carbocycles. The highest BCUT2D eigenvalue weighted by Gasteiger charge is 2.19. The lowest BCUT2D eigenvalue weighted by molar-refractivity contribution is 0.475. The largest absolute Gasteiger partial charge is 0.508 e. The number of hydrogen-bond acceptors (Lipinski definition) is 3. The van der Waals surface area contributed by atoms with E-state index in [9.17, 15) is 5.11 Å². The first-order chi connectivity index (χ1) is 8.83. The summed E-state index contributed by atoms with van der Waals surface area (Å²) in [4.78, 5) is 4.25. The highest BCUT2D eigenvalue weighted by atomic mass is 16.3. The van der Waals surface area contributed by atoms with Crippen LogP contribution < -0.4 is 5.32 Å². The molecule has 1 fully saturated rings. The van der Waals surface area contributed by atoms with Gasteiger partial charge >= 0.3 is 0 Å². The molecule has 1 atom stereocenters. The van der Waals surface area contributed by atoms with Crippen LogP contribution in [0.4, 0.5) is 0 Å². The van der Waals surface area contributed by atoms with Gasteiger partial charge in [0.05, 0.1) is 12.0 Å². The van der Waals surface area contributed by atoms with Gasteiger partial charge in [-0.2, -0.15) is 0 Å². The maximum absolute atomic E-state index is 9.28. The number of imidazole rings is 1. The molecule has 0 amide bonds. The number of aromatic hydroxyl groups is 1. The number of nitrogens with one attached hydrogen (secondary N) is 1. The quantitative estimate of drug-likeness (QED) is 0.867. The number of phenols is 1. The van der Waals surface area contributed by atoms with Crippen molar-refractivity contribution in [2.75, 3.05) is 6.54 Å². The zero-order valence-corrected chi connectivity index (χ0v) is 10.2. The molecule has 0 radical (unpaired) electrons. The fraction of sp³-hybridized carbons (Fsp3) is 0.357. The summed E-state index contributed by atoms with van der Waals surface area (Å²) >= 11 is 0. The molecule has 4 nitrogen and oxygen atoms in total. The van der Waals surface area contributed by atoms with Crippen molar-refractivity contribution in [3.63, 3.8) is 0 Å². The van der Waals surface area contributed by atoms with Crippen LogP contribution in [0.2, 0.25) is 0 Å². The van der Waals surface area contributed by atoms with Crippen LogP contribution in [0.5, 0.6) is 5.75 Å². The summed E-state index contributed by atoms with van der Waals surface area (Å²) in [6.45, 7) is 1.89. The molecule has 94 valence electrons. The number of aromatic nitrogens is 2. The summed E-state index contributed by atoms with van der Waals surface area (Å²) in [5.41, 5.74) is 2.42. The Bertz CT molecular complexity index is 512. The van der Waals surface area contributed by atoms with Gasteiger partial charge in [-0.05, 0) is 37.1 Å². The molecule has 4 heteroatoms. The van der Waals surface area contributed by atoms with Gasteiger partial charge in [0.15, 0.2) is 0 Å². The van der Waals surface area contributed by atoms with Crippen LogP contribution in [0.25, 0.3) is 0 Å². The van der Waals surface area contributed by atoms with Gasteiger partial charge in [-0.1, -0.05) is 12.1 Å². The predicted molar refractivity (Wildman–Crippen MR) is 69.4 cm³/mol. The first-order valence-corrected chi connectivity index (χ1v) is 6.34. The summed E-state index contributed by atoms with van der Waals surface area (Å²) in [7, 11) is 0. The Morgan fingerprint density at radius 3 is 2.89 bits per heavy atom.